The van der Waals surface area contributed by atoms with Crippen LogP contribution < -0.4 is 0 Å². The fourth-order valence-electron chi connectivity index (χ4n) is 3.03. The molecule has 1 nitrogen and oxygen atoms in total. The summed E-state index contributed by atoms with van der Waals surface area (Å²) >= 11 is 0. The number of hydrogen-bond donors (Lipinski definition) is 0. The van der Waals surface area contributed by atoms with Crippen LogP contribution in [0.5, 0.6) is 0 Å². The number of aliphatic imine (C=N–C) groups is 1. The number of rotatable bonds is 2. The highest BCUT2D eigenvalue weighted by Crippen LogP contribution is 2.41. The summed E-state index contributed by atoms with van der Waals surface area (Å²) in [5, 5.41) is 0. The second-order valence-electron chi connectivity index (χ2n) is 6.03. The van der Waals surface area contributed by atoms with E-state index >= 15 is 0 Å². The molecule has 0 bridgehead atoms. The Kier molecular flexibility index (Phi) is 4.59. The van der Waals surface area contributed by atoms with Gasteiger partial charge in [0.05, 0.1) is 5.71 Å². The fourth-order valence-corrected chi connectivity index (χ4v) is 3.03. The van der Waals surface area contributed by atoms with Crippen molar-refractivity contribution in [2.75, 3.05) is 0 Å². The van der Waals surface area contributed by atoms with Gasteiger partial charge in [0.25, 0.3) is 0 Å². The smallest absolute Gasteiger partial charge is 0.0612 e. The topological polar surface area (TPSA) is 12.4 Å². The van der Waals surface area contributed by atoms with Gasteiger partial charge in [-0.05, 0) is 38.8 Å². The van der Waals surface area contributed by atoms with Gasteiger partial charge in [-0.25, -0.2) is 0 Å². The third-order valence-electron chi connectivity index (χ3n) is 3.95. The van der Waals surface area contributed by atoms with Crippen LogP contribution in [-0.4, -0.2) is 11.8 Å². The Morgan fingerprint density at radius 2 is 2.10 bits per heavy atom. The third-order valence-corrected chi connectivity index (χ3v) is 3.95. The highest BCUT2D eigenvalue weighted by molar-refractivity contribution is 6.09. The van der Waals surface area contributed by atoms with E-state index in [-0.39, 0.29) is 5.41 Å². The molecule has 0 aromatic carbocycles. The van der Waals surface area contributed by atoms with Crippen LogP contribution in [0.25, 0.3) is 0 Å². The molecule has 2 unspecified atom stereocenters. The molecule has 2 rings (SSSR count). The minimum absolute atomic E-state index is 0.0495. The van der Waals surface area contributed by atoms with E-state index in [0.29, 0.717) is 12.0 Å². The quantitative estimate of drug-likeness (QED) is 0.621. The van der Waals surface area contributed by atoms with Crippen LogP contribution in [0.3, 0.4) is 0 Å². The summed E-state index contributed by atoms with van der Waals surface area (Å²) in [5.74, 6) is 0.461. The summed E-state index contributed by atoms with van der Waals surface area (Å²) in [7, 11) is 0. The zero-order valence-corrected chi connectivity index (χ0v) is 13.0. The molecule has 0 saturated heterocycles. The molecule has 0 saturated carbocycles. The van der Waals surface area contributed by atoms with Crippen molar-refractivity contribution < 1.29 is 0 Å². The van der Waals surface area contributed by atoms with Crippen molar-refractivity contribution in [3.63, 3.8) is 0 Å². The van der Waals surface area contributed by atoms with Crippen LogP contribution in [0, 0.1) is 11.3 Å². The maximum atomic E-state index is 4.82. The van der Waals surface area contributed by atoms with E-state index in [4.69, 9.17) is 4.99 Å². The van der Waals surface area contributed by atoms with Gasteiger partial charge in [-0.3, -0.25) is 4.99 Å². The Labute approximate surface area is 123 Å². The monoisotopic (exact) mass is 267 g/mol. The van der Waals surface area contributed by atoms with Crippen molar-refractivity contribution in [3.05, 3.63) is 60.3 Å². The van der Waals surface area contributed by atoms with Gasteiger partial charge in [-0.2, -0.15) is 0 Å². The van der Waals surface area contributed by atoms with E-state index in [2.05, 4.69) is 82.4 Å². The molecule has 0 radical (unpaired) electrons. The average Bonchev–Trinajstić information content (AvgIpc) is 2.41. The van der Waals surface area contributed by atoms with Gasteiger partial charge in [0, 0.05) is 17.4 Å². The van der Waals surface area contributed by atoms with E-state index in [1.54, 1.807) is 0 Å². The Morgan fingerprint density at radius 1 is 1.30 bits per heavy atom. The molecule has 20 heavy (non-hydrogen) atoms. The highest BCUT2D eigenvalue weighted by Gasteiger charge is 2.34. The second kappa shape index (κ2) is 6.21. The van der Waals surface area contributed by atoms with E-state index < -0.39 is 0 Å². The zero-order valence-electron chi connectivity index (χ0n) is 13.0. The molecule has 0 spiro atoms. The lowest BCUT2D eigenvalue weighted by Gasteiger charge is -2.36. The predicted molar refractivity (Wildman–Crippen MR) is 89.1 cm³/mol. The van der Waals surface area contributed by atoms with Crippen LogP contribution in [0.4, 0.5) is 0 Å². The van der Waals surface area contributed by atoms with Crippen molar-refractivity contribution in [1.29, 1.82) is 0 Å². The summed E-state index contributed by atoms with van der Waals surface area (Å²) < 4.78 is 0. The highest BCUT2D eigenvalue weighted by atomic mass is 14.8. The minimum atomic E-state index is 0.0495. The van der Waals surface area contributed by atoms with Crippen LogP contribution in [0.1, 0.15) is 34.1 Å². The molecule has 0 aliphatic heterocycles. The van der Waals surface area contributed by atoms with Crippen LogP contribution in [0.2, 0.25) is 0 Å². The predicted octanol–water partition coefficient (Wildman–Crippen LogP) is 5.05. The number of hydrogen-bond acceptors (Lipinski definition) is 1. The van der Waals surface area contributed by atoms with Gasteiger partial charge in [-0.1, -0.05) is 55.5 Å². The van der Waals surface area contributed by atoms with Gasteiger partial charge in [-0.15, -0.1) is 0 Å². The normalized spacial score (nSPS) is 34.8. The zero-order chi connectivity index (χ0) is 14.6. The molecular formula is C19H25N. The fraction of sp³-hybridized carbons (Fsp3) is 0.421. The molecule has 2 aliphatic rings. The van der Waals surface area contributed by atoms with Crippen molar-refractivity contribution >= 4 is 5.71 Å². The van der Waals surface area contributed by atoms with Gasteiger partial charge in [0.15, 0.2) is 0 Å². The van der Waals surface area contributed by atoms with Gasteiger partial charge < -0.3 is 0 Å². The molecule has 0 aromatic rings. The number of fused-ring (bicyclic) bond motifs is 1. The Bertz CT molecular complexity index is 526. The first-order valence-electron chi connectivity index (χ1n) is 7.51. The molecule has 106 valence electrons. The SMILES string of the molecule is CC=CC1(C)\C=C/C=C\C(=N\C(C)C)C2=CC=CCC21. The van der Waals surface area contributed by atoms with E-state index in [0.717, 1.165) is 12.1 Å². The van der Waals surface area contributed by atoms with Gasteiger partial charge in [0.1, 0.15) is 0 Å². The summed E-state index contributed by atoms with van der Waals surface area (Å²) in [6.07, 6.45) is 20.9. The standard InChI is InChI=1S/C19H25N/c1-5-13-19(4)14-9-8-12-18(20-15(2)3)16-10-6-7-11-17(16)19/h5-10,12-15,17H,11H2,1-4H3/b12-8-,13-5?,14-9-,20-18-. The van der Waals surface area contributed by atoms with E-state index in [9.17, 15) is 0 Å². The lowest BCUT2D eigenvalue weighted by Crippen LogP contribution is -2.29. The Morgan fingerprint density at radius 3 is 2.80 bits per heavy atom. The van der Waals surface area contributed by atoms with Crippen LogP contribution >= 0.6 is 0 Å². The van der Waals surface area contributed by atoms with Gasteiger partial charge >= 0.3 is 0 Å². The molecule has 0 amide bonds. The first-order chi connectivity index (χ1) is 9.57. The van der Waals surface area contributed by atoms with E-state index in [1.807, 2.05) is 0 Å². The largest absolute Gasteiger partial charge is 0.282 e. The molecule has 0 heterocycles. The number of allylic oxidation sites excluding steroid dienone is 10. The van der Waals surface area contributed by atoms with Crippen molar-refractivity contribution in [3.8, 4) is 0 Å². The second-order valence-corrected chi connectivity index (χ2v) is 6.03. The molecule has 0 N–H and O–H groups in total. The first-order valence-corrected chi connectivity index (χ1v) is 7.51. The summed E-state index contributed by atoms with van der Waals surface area (Å²) in [5.41, 5.74) is 2.55. The Balaban J connectivity index is 2.54. The third kappa shape index (κ3) is 3.09. The minimum Gasteiger partial charge on any atom is -0.282 e. The lowest BCUT2D eigenvalue weighted by molar-refractivity contribution is 0.383. The summed E-state index contributed by atoms with van der Waals surface area (Å²) in [6, 6.07) is 0.318. The van der Waals surface area contributed by atoms with Gasteiger partial charge in [0.2, 0.25) is 0 Å². The molecule has 2 aliphatic carbocycles. The van der Waals surface area contributed by atoms with E-state index in [1.165, 1.54) is 5.57 Å². The summed E-state index contributed by atoms with van der Waals surface area (Å²) in [6.45, 7) is 8.68. The molecule has 2 atom stereocenters. The first kappa shape index (κ1) is 14.8. The number of nitrogens with zero attached hydrogens (tertiary/aromatic N) is 1. The molecule has 0 fully saturated rings. The maximum Gasteiger partial charge on any atom is 0.0612 e. The van der Waals surface area contributed by atoms with Crippen LogP contribution in [0.15, 0.2) is 65.2 Å². The lowest BCUT2D eigenvalue weighted by atomic mass is 9.68. The molecule has 0 aromatic heterocycles. The summed E-state index contributed by atoms with van der Waals surface area (Å²) in [4.78, 5) is 4.82. The molecule has 1 heteroatoms. The average molecular weight is 267 g/mol. The van der Waals surface area contributed by atoms with Crippen molar-refractivity contribution in [2.24, 2.45) is 16.3 Å². The van der Waals surface area contributed by atoms with Crippen molar-refractivity contribution in [1.82, 2.24) is 0 Å². The maximum absolute atomic E-state index is 4.82. The van der Waals surface area contributed by atoms with Crippen molar-refractivity contribution in [2.45, 2.75) is 40.2 Å². The molecular weight excluding hydrogens is 242 g/mol. The Hall–Kier alpha value is -1.63. The van der Waals surface area contributed by atoms with Crippen LogP contribution in [-0.2, 0) is 0 Å².